The number of amides is 1. The Bertz CT molecular complexity index is 445. The van der Waals surface area contributed by atoms with Crippen molar-refractivity contribution in [3.05, 3.63) is 35.9 Å². The molecule has 1 heterocycles. The van der Waals surface area contributed by atoms with E-state index in [9.17, 15) is 9.90 Å². The summed E-state index contributed by atoms with van der Waals surface area (Å²) in [7, 11) is 0. The quantitative estimate of drug-likeness (QED) is 0.841. The molecule has 0 spiro atoms. The van der Waals surface area contributed by atoms with Crippen LogP contribution in [0.5, 0.6) is 0 Å². The maximum atomic E-state index is 12.6. The van der Waals surface area contributed by atoms with Crippen LogP contribution in [0.15, 0.2) is 30.3 Å². The molecule has 1 aromatic rings. The van der Waals surface area contributed by atoms with E-state index in [-0.39, 0.29) is 24.0 Å². The summed E-state index contributed by atoms with van der Waals surface area (Å²) in [5, 5.41) is 10.1. The Morgan fingerprint density at radius 1 is 1.11 bits per heavy atom. The normalized spacial score (nSPS) is 30.8. The van der Waals surface area contributed by atoms with Crippen LogP contribution in [-0.2, 0) is 0 Å². The molecule has 0 unspecified atom stereocenters. The summed E-state index contributed by atoms with van der Waals surface area (Å²) in [6, 6.07) is 9.75. The molecule has 3 atom stereocenters. The van der Waals surface area contributed by atoms with Gasteiger partial charge in [-0.05, 0) is 31.4 Å². The Morgan fingerprint density at radius 2 is 1.84 bits per heavy atom. The number of carbonyl (C=O) groups excluding carboxylic acids is 1. The van der Waals surface area contributed by atoms with Crippen LogP contribution in [0.1, 0.15) is 42.5 Å². The average Bonchev–Trinajstić information content (AvgIpc) is 2.48. The van der Waals surface area contributed by atoms with Gasteiger partial charge in [-0.15, -0.1) is 0 Å². The molecule has 0 bridgehead atoms. The maximum Gasteiger partial charge on any atom is 0.254 e. The van der Waals surface area contributed by atoms with Crippen molar-refractivity contribution in [2.45, 2.75) is 44.2 Å². The Hall–Kier alpha value is -1.35. The zero-order chi connectivity index (χ0) is 13.2. The lowest BCUT2D eigenvalue weighted by Gasteiger charge is -2.46. The molecular formula is C16H21NO2. The summed E-state index contributed by atoms with van der Waals surface area (Å²) in [5.41, 5.74) is 0.767. The van der Waals surface area contributed by atoms with Crippen molar-refractivity contribution in [3.63, 3.8) is 0 Å². The number of fused-ring (bicyclic) bond motifs is 1. The number of nitrogens with zero attached hydrogens (tertiary/aromatic N) is 1. The molecule has 1 saturated heterocycles. The third-order valence-corrected chi connectivity index (χ3v) is 4.62. The van der Waals surface area contributed by atoms with Crippen molar-refractivity contribution in [1.82, 2.24) is 4.90 Å². The maximum absolute atomic E-state index is 12.6. The van der Waals surface area contributed by atoms with E-state index in [4.69, 9.17) is 0 Å². The van der Waals surface area contributed by atoms with Gasteiger partial charge >= 0.3 is 0 Å². The van der Waals surface area contributed by atoms with E-state index in [1.54, 1.807) is 0 Å². The van der Waals surface area contributed by atoms with E-state index >= 15 is 0 Å². The molecule has 1 amide bonds. The van der Waals surface area contributed by atoms with Crippen LogP contribution in [0.2, 0.25) is 0 Å². The average molecular weight is 259 g/mol. The van der Waals surface area contributed by atoms with Gasteiger partial charge in [0.1, 0.15) is 0 Å². The standard InChI is InChI=1S/C16H21NO2/c18-15-10-11-17(14-9-5-4-8-13(14)15)16(19)12-6-2-1-3-7-12/h1-3,6-7,13-15,18H,4-5,8-11H2/t13-,14-,15+/m1/s1. The van der Waals surface area contributed by atoms with E-state index in [1.165, 1.54) is 12.8 Å². The number of hydrogen-bond donors (Lipinski definition) is 1. The number of aliphatic hydroxyl groups is 1. The number of aliphatic hydroxyl groups excluding tert-OH is 1. The van der Waals surface area contributed by atoms with Gasteiger partial charge in [-0.1, -0.05) is 31.0 Å². The molecule has 0 aromatic heterocycles. The Balaban J connectivity index is 1.82. The van der Waals surface area contributed by atoms with Gasteiger partial charge in [0.2, 0.25) is 0 Å². The van der Waals surface area contributed by atoms with Crippen LogP contribution in [0, 0.1) is 5.92 Å². The fourth-order valence-electron chi connectivity index (χ4n) is 3.63. The molecule has 1 saturated carbocycles. The Kier molecular flexibility index (Phi) is 3.56. The first-order valence-corrected chi connectivity index (χ1v) is 7.31. The SMILES string of the molecule is O=C(c1ccccc1)N1CC[C@H](O)[C@@H]2CCCC[C@H]21. The summed E-state index contributed by atoms with van der Waals surface area (Å²) in [4.78, 5) is 14.6. The van der Waals surface area contributed by atoms with Crippen molar-refractivity contribution in [2.24, 2.45) is 5.92 Å². The van der Waals surface area contributed by atoms with Crippen LogP contribution in [0.4, 0.5) is 0 Å². The van der Waals surface area contributed by atoms with E-state index < -0.39 is 0 Å². The van der Waals surface area contributed by atoms with E-state index in [0.29, 0.717) is 6.54 Å². The summed E-state index contributed by atoms with van der Waals surface area (Å²) < 4.78 is 0. The van der Waals surface area contributed by atoms with Crippen LogP contribution in [0.3, 0.4) is 0 Å². The molecular weight excluding hydrogens is 238 g/mol. The second kappa shape index (κ2) is 5.33. The van der Waals surface area contributed by atoms with Crippen LogP contribution >= 0.6 is 0 Å². The molecule has 0 radical (unpaired) electrons. The minimum atomic E-state index is -0.217. The summed E-state index contributed by atoms with van der Waals surface area (Å²) >= 11 is 0. The third kappa shape index (κ3) is 2.39. The molecule has 19 heavy (non-hydrogen) atoms. The highest BCUT2D eigenvalue weighted by atomic mass is 16.3. The van der Waals surface area contributed by atoms with Crippen molar-refractivity contribution in [1.29, 1.82) is 0 Å². The second-order valence-electron chi connectivity index (χ2n) is 5.74. The lowest BCUT2D eigenvalue weighted by molar-refractivity contribution is -0.0262. The first-order valence-electron chi connectivity index (χ1n) is 7.31. The highest BCUT2D eigenvalue weighted by Gasteiger charge is 2.40. The summed E-state index contributed by atoms with van der Waals surface area (Å²) in [6.07, 6.45) is 4.97. The molecule has 3 rings (SSSR count). The number of piperidine rings is 1. The first kappa shape index (κ1) is 12.7. The Morgan fingerprint density at radius 3 is 2.63 bits per heavy atom. The lowest BCUT2D eigenvalue weighted by Crippen LogP contribution is -2.54. The van der Waals surface area contributed by atoms with Gasteiger partial charge in [0.15, 0.2) is 0 Å². The molecule has 3 heteroatoms. The molecule has 3 nitrogen and oxygen atoms in total. The van der Waals surface area contributed by atoms with Crippen molar-refractivity contribution >= 4 is 5.91 Å². The van der Waals surface area contributed by atoms with Gasteiger partial charge in [0.25, 0.3) is 5.91 Å². The van der Waals surface area contributed by atoms with E-state index in [1.807, 2.05) is 35.2 Å². The first-order chi connectivity index (χ1) is 9.27. The van der Waals surface area contributed by atoms with Crippen molar-refractivity contribution in [3.8, 4) is 0 Å². The number of likely N-dealkylation sites (tertiary alicyclic amines) is 1. The minimum absolute atomic E-state index is 0.129. The van der Waals surface area contributed by atoms with Crippen molar-refractivity contribution in [2.75, 3.05) is 6.54 Å². The molecule has 1 aromatic carbocycles. The number of rotatable bonds is 1. The van der Waals surface area contributed by atoms with E-state index in [0.717, 1.165) is 24.8 Å². The van der Waals surface area contributed by atoms with E-state index in [2.05, 4.69) is 0 Å². The van der Waals surface area contributed by atoms with Gasteiger partial charge in [-0.25, -0.2) is 0 Å². The molecule has 102 valence electrons. The fraction of sp³-hybridized carbons (Fsp3) is 0.562. The third-order valence-electron chi connectivity index (χ3n) is 4.62. The highest BCUT2D eigenvalue weighted by Crippen LogP contribution is 2.36. The Labute approximate surface area is 114 Å². The number of benzene rings is 1. The fourth-order valence-corrected chi connectivity index (χ4v) is 3.63. The molecule has 1 aliphatic carbocycles. The van der Waals surface area contributed by atoms with Crippen LogP contribution in [0.25, 0.3) is 0 Å². The summed E-state index contributed by atoms with van der Waals surface area (Å²) in [6.45, 7) is 0.691. The zero-order valence-corrected chi connectivity index (χ0v) is 11.2. The highest BCUT2D eigenvalue weighted by molar-refractivity contribution is 5.94. The van der Waals surface area contributed by atoms with Gasteiger partial charge in [0, 0.05) is 24.1 Å². The smallest absolute Gasteiger partial charge is 0.254 e. The topological polar surface area (TPSA) is 40.5 Å². The number of carbonyl (C=O) groups is 1. The second-order valence-corrected chi connectivity index (χ2v) is 5.74. The predicted molar refractivity (Wildman–Crippen MR) is 73.8 cm³/mol. The van der Waals surface area contributed by atoms with Crippen LogP contribution < -0.4 is 0 Å². The van der Waals surface area contributed by atoms with Gasteiger partial charge in [0.05, 0.1) is 6.10 Å². The molecule has 2 aliphatic rings. The van der Waals surface area contributed by atoms with Crippen molar-refractivity contribution < 1.29 is 9.90 Å². The molecule has 1 N–H and O–H groups in total. The number of hydrogen-bond acceptors (Lipinski definition) is 2. The lowest BCUT2D eigenvalue weighted by atomic mass is 9.76. The van der Waals surface area contributed by atoms with Gasteiger partial charge in [-0.3, -0.25) is 4.79 Å². The minimum Gasteiger partial charge on any atom is -0.393 e. The van der Waals surface area contributed by atoms with Crippen LogP contribution in [-0.4, -0.2) is 34.6 Å². The van der Waals surface area contributed by atoms with Gasteiger partial charge < -0.3 is 10.0 Å². The predicted octanol–water partition coefficient (Wildman–Crippen LogP) is 2.45. The van der Waals surface area contributed by atoms with Gasteiger partial charge in [-0.2, -0.15) is 0 Å². The molecule has 1 aliphatic heterocycles. The summed E-state index contributed by atoms with van der Waals surface area (Å²) in [5.74, 6) is 0.416. The monoisotopic (exact) mass is 259 g/mol. The largest absolute Gasteiger partial charge is 0.393 e. The zero-order valence-electron chi connectivity index (χ0n) is 11.2. The molecule has 2 fully saturated rings.